The van der Waals surface area contributed by atoms with E-state index in [-0.39, 0.29) is 12.6 Å². The first kappa shape index (κ1) is 15.5. The lowest BCUT2D eigenvalue weighted by Crippen LogP contribution is -2.09. The zero-order valence-electron chi connectivity index (χ0n) is 12.3. The first-order valence-corrected chi connectivity index (χ1v) is 6.91. The molecule has 0 saturated carbocycles. The van der Waals surface area contributed by atoms with Crippen LogP contribution in [0.2, 0.25) is 0 Å². The van der Waals surface area contributed by atoms with E-state index >= 15 is 0 Å². The van der Waals surface area contributed by atoms with Gasteiger partial charge in [-0.15, -0.1) is 0 Å². The van der Waals surface area contributed by atoms with Crippen LogP contribution in [0.1, 0.15) is 22.6 Å². The van der Waals surface area contributed by atoms with Crippen LogP contribution in [0.15, 0.2) is 18.2 Å². The Morgan fingerprint density at radius 2 is 2.19 bits per heavy atom. The van der Waals surface area contributed by atoms with Gasteiger partial charge in [0, 0.05) is 19.8 Å². The lowest BCUT2D eigenvalue weighted by molar-refractivity contribution is 0.0603. The summed E-state index contributed by atoms with van der Waals surface area (Å²) in [5, 5.41) is 8.70. The Morgan fingerprint density at radius 1 is 1.38 bits per heavy atom. The SMILES string of the molecule is COC(=O)c1cccc2c1nc(C)n2CCOCCCO. The molecule has 1 heterocycles. The fraction of sp³-hybridized carbons (Fsp3) is 0.467. The Kier molecular flexibility index (Phi) is 5.30. The van der Waals surface area contributed by atoms with Gasteiger partial charge in [0.15, 0.2) is 0 Å². The average Bonchev–Trinajstić information content (AvgIpc) is 2.82. The van der Waals surface area contributed by atoms with Gasteiger partial charge in [0.25, 0.3) is 0 Å². The number of hydrogen-bond acceptors (Lipinski definition) is 5. The van der Waals surface area contributed by atoms with Crippen molar-refractivity contribution < 1.29 is 19.4 Å². The number of aryl methyl sites for hydroxylation is 1. The summed E-state index contributed by atoms with van der Waals surface area (Å²) in [6, 6.07) is 5.46. The van der Waals surface area contributed by atoms with Crippen molar-refractivity contribution in [1.29, 1.82) is 0 Å². The smallest absolute Gasteiger partial charge is 0.340 e. The highest BCUT2D eigenvalue weighted by atomic mass is 16.5. The van der Waals surface area contributed by atoms with E-state index in [0.29, 0.717) is 37.3 Å². The summed E-state index contributed by atoms with van der Waals surface area (Å²) in [5.74, 6) is 0.441. The van der Waals surface area contributed by atoms with Crippen LogP contribution in [0, 0.1) is 6.92 Å². The van der Waals surface area contributed by atoms with Crippen LogP contribution in [0.25, 0.3) is 11.0 Å². The normalized spacial score (nSPS) is 11.0. The molecule has 0 atom stereocenters. The highest BCUT2D eigenvalue weighted by Crippen LogP contribution is 2.20. The number of aromatic nitrogens is 2. The zero-order valence-corrected chi connectivity index (χ0v) is 12.3. The third-order valence-corrected chi connectivity index (χ3v) is 3.28. The first-order chi connectivity index (χ1) is 10.2. The van der Waals surface area contributed by atoms with E-state index in [0.717, 1.165) is 11.3 Å². The van der Waals surface area contributed by atoms with Gasteiger partial charge < -0.3 is 19.1 Å². The second-order valence-corrected chi connectivity index (χ2v) is 4.67. The van der Waals surface area contributed by atoms with Gasteiger partial charge in [-0.05, 0) is 25.5 Å². The number of methoxy groups -OCH3 is 1. The Labute approximate surface area is 123 Å². The molecule has 0 amide bonds. The summed E-state index contributed by atoms with van der Waals surface area (Å²) < 4.78 is 12.2. The van der Waals surface area contributed by atoms with Gasteiger partial charge in [0.1, 0.15) is 11.3 Å². The first-order valence-electron chi connectivity index (χ1n) is 6.91. The van der Waals surface area contributed by atoms with Crippen molar-refractivity contribution in [2.24, 2.45) is 0 Å². The minimum absolute atomic E-state index is 0.134. The molecule has 0 aliphatic rings. The van der Waals surface area contributed by atoms with Gasteiger partial charge in [-0.25, -0.2) is 9.78 Å². The summed E-state index contributed by atoms with van der Waals surface area (Å²) in [5.41, 5.74) is 2.01. The van der Waals surface area contributed by atoms with Gasteiger partial charge >= 0.3 is 5.97 Å². The van der Waals surface area contributed by atoms with Crippen molar-refractivity contribution in [3.8, 4) is 0 Å². The molecule has 0 fully saturated rings. The number of nitrogens with zero attached hydrogens (tertiary/aromatic N) is 2. The topological polar surface area (TPSA) is 73.6 Å². The third-order valence-electron chi connectivity index (χ3n) is 3.28. The maximum Gasteiger partial charge on any atom is 0.340 e. The van der Waals surface area contributed by atoms with E-state index in [1.54, 1.807) is 6.07 Å². The molecule has 1 N–H and O–H groups in total. The Hall–Kier alpha value is -1.92. The van der Waals surface area contributed by atoms with Gasteiger partial charge in [-0.1, -0.05) is 6.07 Å². The molecule has 6 heteroatoms. The number of carbonyl (C=O) groups is 1. The number of carbonyl (C=O) groups excluding carboxylic acids is 1. The fourth-order valence-electron chi connectivity index (χ4n) is 2.24. The summed E-state index contributed by atoms with van der Waals surface area (Å²) in [4.78, 5) is 16.2. The number of benzene rings is 1. The molecule has 1 aromatic carbocycles. The molecule has 0 bridgehead atoms. The van der Waals surface area contributed by atoms with Crippen LogP contribution in [-0.4, -0.2) is 47.6 Å². The van der Waals surface area contributed by atoms with Gasteiger partial charge in [-0.2, -0.15) is 0 Å². The highest BCUT2D eigenvalue weighted by molar-refractivity contribution is 6.02. The van der Waals surface area contributed by atoms with E-state index in [4.69, 9.17) is 14.6 Å². The molecule has 0 saturated heterocycles. The van der Waals surface area contributed by atoms with Crippen molar-refractivity contribution in [3.05, 3.63) is 29.6 Å². The van der Waals surface area contributed by atoms with Crippen LogP contribution in [0.4, 0.5) is 0 Å². The Balaban J connectivity index is 2.21. The number of para-hydroxylation sites is 1. The van der Waals surface area contributed by atoms with Crippen molar-refractivity contribution in [2.45, 2.75) is 19.9 Å². The van der Waals surface area contributed by atoms with E-state index in [2.05, 4.69) is 4.98 Å². The molecule has 6 nitrogen and oxygen atoms in total. The van der Waals surface area contributed by atoms with Gasteiger partial charge in [0.2, 0.25) is 0 Å². The van der Waals surface area contributed by atoms with Gasteiger partial charge in [0.05, 0.1) is 24.8 Å². The maximum absolute atomic E-state index is 11.8. The minimum Gasteiger partial charge on any atom is -0.465 e. The van der Waals surface area contributed by atoms with Crippen molar-refractivity contribution >= 4 is 17.0 Å². The van der Waals surface area contributed by atoms with Crippen molar-refractivity contribution in [3.63, 3.8) is 0 Å². The quantitative estimate of drug-likeness (QED) is 0.619. The second kappa shape index (κ2) is 7.19. The van der Waals surface area contributed by atoms with E-state index in [1.165, 1.54) is 7.11 Å². The number of ether oxygens (including phenoxy) is 2. The lowest BCUT2D eigenvalue weighted by Gasteiger charge is -2.08. The molecule has 114 valence electrons. The number of rotatable bonds is 7. The number of aliphatic hydroxyl groups is 1. The van der Waals surface area contributed by atoms with E-state index in [9.17, 15) is 4.79 Å². The zero-order chi connectivity index (χ0) is 15.2. The maximum atomic E-state index is 11.8. The van der Waals surface area contributed by atoms with Crippen LogP contribution >= 0.6 is 0 Å². The van der Waals surface area contributed by atoms with Gasteiger partial charge in [-0.3, -0.25) is 0 Å². The molecular weight excluding hydrogens is 272 g/mol. The number of hydrogen-bond donors (Lipinski definition) is 1. The molecule has 0 radical (unpaired) electrons. The predicted molar refractivity (Wildman–Crippen MR) is 78.3 cm³/mol. The number of fused-ring (bicyclic) bond motifs is 1. The van der Waals surface area contributed by atoms with Crippen LogP contribution in [0.5, 0.6) is 0 Å². The van der Waals surface area contributed by atoms with E-state index in [1.807, 2.05) is 23.6 Å². The van der Waals surface area contributed by atoms with Crippen LogP contribution in [0.3, 0.4) is 0 Å². The summed E-state index contributed by atoms with van der Waals surface area (Å²) in [6.45, 7) is 3.76. The number of imidazole rings is 1. The monoisotopic (exact) mass is 292 g/mol. The molecule has 2 aromatic rings. The van der Waals surface area contributed by atoms with Crippen molar-refractivity contribution in [2.75, 3.05) is 26.9 Å². The highest BCUT2D eigenvalue weighted by Gasteiger charge is 2.15. The molecule has 21 heavy (non-hydrogen) atoms. The molecule has 1 aromatic heterocycles. The molecule has 2 rings (SSSR count). The minimum atomic E-state index is -0.385. The predicted octanol–water partition coefficient (Wildman–Crippen LogP) is 1.53. The number of esters is 1. The summed E-state index contributed by atoms with van der Waals surface area (Å²) in [7, 11) is 1.36. The Morgan fingerprint density at radius 3 is 2.90 bits per heavy atom. The summed E-state index contributed by atoms with van der Waals surface area (Å²) >= 11 is 0. The molecule has 0 unspecified atom stereocenters. The van der Waals surface area contributed by atoms with E-state index < -0.39 is 0 Å². The van der Waals surface area contributed by atoms with Crippen molar-refractivity contribution in [1.82, 2.24) is 9.55 Å². The number of aliphatic hydroxyl groups excluding tert-OH is 1. The molecule has 0 spiro atoms. The fourth-order valence-corrected chi connectivity index (χ4v) is 2.24. The summed E-state index contributed by atoms with van der Waals surface area (Å²) in [6.07, 6.45) is 0.635. The standard InChI is InChI=1S/C15H20N2O4/c1-11-16-14-12(15(19)20-2)5-3-6-13(14)17(11)7-10-21-9-4-8-18/h3,5-6,18H,4,7-10H2,1-2H3. The molecule has 0 aliphatic heterocycles. The average molecular weight is 292 g/mol. The lowest BCUT2D eigenvalue weighted by atomic mass is 10.2. The second-order valence-electron chi connectivity index (χ2n) is 4.67. The van der Waals surface area contributed by atoms with Crippen LogP contribution < -0.4 is 0 Å². The molecular formula is C15H20N2O4. The van der Waals surface area contributed by atoms with Crippen LogP contribution in [-0.2, 0) is 16.0 Å². The largest absolute Gasteiger partial charge is 0.465 e. The third kappa shape index (κ3) is 3.40. The Bertz CT molecular complexity index is 621. The molecule has 0 aliphatic carbocycles.